The molecule has 28 heavy (non-hydrogen) atoms. The number of hydrogen-bond donors (Lipinski definition) is 4. The number of benzene rings is 1. The SMILES string of the molecule is CCCCc1nnc(Cc2cc(C3OC(CO)C(O)C(O)C3O)ccc2Cl)s1. The molecular formula is C19H25ClN2O5S. The summed E-state index contributed by atoms with van der Waals surface area (Å²) in [5.74, 6) is 0. The molecule has 1 aliphatic rings. The van der Waals surface area contributed by atoms with Gasteiger partial charge in [0, 0.05) is 17.9 Å². The first kappa shape index (κ1) is 21.6. The van der Waals surface area contributed by atoms with Crippen LogP contribution in [-0.4, -0.2) is 61.6 Å². The Balaban J connectivity index is 1.80. The van der Waals surface area contributed by atoms with Gasteiger partial charge in [0.15, 0.2) is 0 Å². The highest BCUT2D eigenvalue weighted by molar-refractivity contribution is 7.11. The summed E-state index contributed by atoms with van der Waals surface area (Å²) in [6.07, 6.45) is -2.39. The molecule has 154 valence electrons. The third-order valence-electron chi connectivity index (χ3n) is 4.89. The predicted octanol–water partition coefficient (Wildman–Crippen LogP) is 1.64. The summed E-state index contributed by atoms with van der Waals surface area (Å²) in [6, 6.07) is 5.19. The first-order valence-corrected chi connectivity index (χ1v) is 10.5. The lowest BCUT2D eigenvalue weighted by atomic mass is 9.90. The van der Waals surface area contributed by atoms with E-state index in [1.54, 1.807) is 29.5 Å². The maximum absolute atomic E-state index is 10.3. The van der Waals surface area contributed by atoms with Gasteiger partial charge in [-0.1, -0.05) is 37.1 Å². The van der Waals surface area contributed by atoms with Gasteiger partial charge in [-0.15, -0.1) is 21.5 Å². The van der Waals surface area contributed by atoms with Crippen LogP contribution in [0.25, 0.3) is 0 Å². The van der Waals surface area contributed by atoms with Gasteiger partial charge in [-0.3, -0.25) is 0 Å². The van der Waals surface area contributed by atoms with E-state index in [9.17, 15) is 20.4 Å². The zero-order valence-corrected chi connectivity index (χ0v) is 17.1. The second-order valence-electron chi connectivity index (χ2n) is 6.97. The van der Waals surface area contributed by atoms with Crippen LogP contribution in [0.3, 0.4) is 0 Å². The smallest absolute Gasteiger partial charge is 0.121 e. The Morgan fingerprint density at radius 2 is 1.86 bits per heavy atom. The van der Waals surface area contributed by atoms with Crippen molar-refractivity contribution in [3.05, 3.63) is 44.4 Å². The first-order valence-electron chi connectivity index (χ1n) is 9.34. The Labute approximate surface area is 172 Å². The highest BCUT2D eigenvalue weighted by Gasteiger charge is 2.44. The van der Waals surface area contributed by atoms with E-state index in [2.05, 4.69) is 17.1 Å². The number of aliphatic hydroxyl groups excluding tert-OH is 4. The Bertz CT molecular complexity index is 787. The number of halogens is 1. The van der Waals surface area contributed by atoms with Gasteiger partial charge in [0.05, 0.1) is 6.61 Å². The van der Waals surface area contributed by atoms with Crippen LogP contribution >= 0.6 is 22.9 Å². The Morgan fingerprint density at radius 1 is 1.11 bits per heavy atom. The maximum atomic E-state index is 10.3. The predicted molar refractivity (Wildman–Crippen MR) is 105 cm³/mol. The van der Waals surface area contributed by atoms with Gasteiger partial charge in [-0.25, -0.2) is 0 Å². The number of ether oxygens (including phenoxy) is 1. The molecular weight excluding hydrogens is 404 g/mol. The molecule has 1 aromatic carbocycles. The van der Waals surface area contributed by atoms with Crippen molar-refractivity contribution < 1.29 is 25.2 Å². The molecule has 0 aliphatic carbocycles. The summed E-state index contributed by atoms with van der Waals surface area (Å²) in [5, 5.41) is 50.5. The van der Waals surface area contributed by atoms with Gasteiger partial charge in [-0.2, -0.15) is 0 Å². The minimum atomic E-state index is -1.42. The molecule has 2 aromatic rings. The minimum Gasteiger partial charge on any atom is -0.394 e. The van der Waals surface area contributed by atoms with Crippen molar-refractivity contribution in [2.24, 2.45) is 0 Å². The third-order valence-corrected chi connectivity index (χ3v) is 6.24. The molecule has 0 spiro atoms. The van der Waals surface area contributed by atoms with Gasteiger partial charge in [-0.05, 0) is 23.6 Å². The molecule has 3 rings (SSSR count). The number of hydrogen-bond acceptors (Lipinski definition) is 8. The lowest BCUT2D eigenvalue weighted by Gasteiger charge is -2.40. The third kappa shape index (κ3) is 4.71. The maximum Gasteiger partial charge on any atom is 0.121 e. The normalized spacial score (nSPS) is 27.9. The number of aliphatic hydroxyl groups is 4. The van der Waals surface area contributed by atoms with Crippen LogP contribution in [0.5, 0.6) is 0 Å². The van der Waals surface area contributed by atoms with Crippen LogP contribution < -0.4 is 0 Å². The van der Waals surface area contributed by atoms with Crippen molar-refractivity contribution in [3.63, 3.8) is 0 Å². The standard InChI is InChI=1S/C19H25ClN2O5S/c1-2-3-4-14-21-22-15(28-14)8-11-7-10(5-6-12(11)20)19-18(26)17(25)16(24)13(9-23)27-19/h5-7,13,16-19,23-26H,2-4,8-9H2,1H3. The summed E-state index contributed by atoms with van der Waals surface area (Å²) < 4.78 is 5.63. The zero-order valence-electron chi connectivity index (χ0n) is 15.5. The molecule has 4 N–H and O–H groups in total. The number of nitrogens with zero attached hydrogens (tertiary/aromatic N) is 2. The Hall–Kier alpha value is -1.13. The van der Waals surface area contributed by atoms with E-state index < -0.39 is 37.1 Å². The largest absolute Gasteiger partial charge is 0.394 e. The van der Waals surface area contributed by atoms with E-state index in [1.807, 2.05) is 0 Å². The second kappa shape index (κ2) is 9.58. The highest BCUT2D eigenvalue weighted by atomic mass is 35.5. The molecule has 0 bridgehead atoms. The summed E-state index contributed by atoms with van der Waals surface area (Å²) in [6.45, 7) is 1.67. The average molecular weight is 429 g/mol. The monoisotopic (exact) mass is 428 g/mol. The first-order chi connectivity index (χ1) is 13.4. The van der Waals surface area contributed by atoms with Crippen LogP contribution in [0.2, 0.25) is 5.02 Å². The quantitative estimate of drug-likeness (QED) is 0.529. The van der Waals surface area contributed by atoms with Crippen LogP contribution in [0.15, 0.2) is 18.2 Å². The summed E-state index contributed by atoms with van der Waals surface area (Å²) in [4.78, 5) is 0. The molecule has 2 heterocycles. The number of aryl methyl sites for hydroxylation is 1. The molecule has 5 atom stereocenters. The second-order valence-corrected chi connectivity index (χ2v) is 8.52. The minimum absolute atomic E-state index is 0.465. The average Bonchev–Trinajstić information content (AvgIpc) is 3.14. The van der Waals surface area contributed by atoms with Crippen LogP contribution in [0, 0.1) is 0 Å². The fraction of sp³-hybridized carbons (Fsp3) is 0.579. The fourth-order valence-electron chi connectivity index (χ4n) is 3.24. The highest BCUT2D eigenvalue weighted by Crippen LogP contribution is 2.34. The topological polar surface area (TPSA) is 116 Å². The van der Waals surface area contributed by atoms with Crippen molar-refractivity contribution in [1.82, 2.24) is 10.2 Å². The molecule has 0 amide bonds. The van der Waals surface area contributed by atoms with Crippen LogP contribution in [-0.2, 0) is 17.6 Å². The van der Waals surface area contributed by atoms with Gasteiger partial charge < -0.3 is 25.2 Å². The lowest BCUT2D eigenvalue weighted by molar-refractivity contribution is -0.231. The van der Waals surface area contributed by atoms with Gasteiger partial charge in [0.1, 0.15) is 40.5 Å². The lowest BCUT2D eigenvalue weighted by Crippen LogP contribution is -2.55. The summed E-state index contributed by atoms with van der Waals surface area (Å²) in [7, 11) is 0. The van der Waals surface area contributed by atoms with Crippen molar-refractivity contribution in [2.45, 2.75) is 63.1 Å². The zero-order chi connectivity index (χ0) is 20.3. The van der Waals surface area contributed by atoms with Crippen molar-refractivity contribution in [3.8, 4) is 0 Å². The van der Waals surface area contributed by atoms with E-state index in [1.165, 1.54) is 0 Å². The molecule has 7 nitrogen and oxygen atoms in total. The summed E-state index contributed by atoms with van der Waals surface area (Å²) >= 11 is 7.90. The van der Waals surface area contributed by atoms with E-state index in [0.717, 1.165) is 34.8 Å². The molecule has 1 aliphatic heterocycles. The van der Waals surface area contributed by atoms with Crippen molar-refractivity contribution in [1.29, 1.82) is 0 Å². The molecule has 1 aromatic heterocycles. The molecule has 0 radical (unpaired) electrons. The number of unbranched alkanes of at least 4 members (excludes halogenated alkanes) is 1. The van der Waals surface area contributed by atoms with Gasteiger partial charge >= 0.3 is 0 Å². The fourth-order valence-corrected chi connectivity index (χ4v) is 4.33. The van der Waals surface area contributed by atoms with E-state index in [-0.39, 0.29) is 0 Å². The van der Waals surface area contributed by atoms with Crippen LogP contribution in [0.4, 0.5) is 0 Å². The van der Waals surface area contributed by atoms with E-state index in [4.69, 9.17) is 16.3 Å². The molecule has 9 heteroatoms. The summed E-state index contributed by atoms with van der Waals surface area (Å²) in [5.41, 5.74) is 1.40. The van der Waals surface area contributed by atoms with Gasteiger partial charge in [0.2, 0.25) is 0 Å². The van der Waals surface area contributed by atoms with Crippen LogP contribution in [0.1, 0.15) is 47.0 Å². The Kier molecular flexibility index (Phi) is 7.38. The Morgan fingerprint density at radius 3 is 2.57 bits per heavy atom. The van der Waals surface area contributed by atoms with E-state index >= 15 is 0 Å². The number of aromatic nitrogens is 2. The molecule has 5 unspecified atom stereocenters. The van der Waals surface area contributed by atoms with Crippen molar-refractivity contribution in [2.75, 3.05) is 6.61 Å². The van der Waals surface area contributed by atoms with E-state index in [0.29, 0.717) is 17.0 Å². The molecule has 1 saturated heterocycles. The number of rotatable bonds is 7. The molecule has 0 saturated carbocycles. The van der Waals surface area contributed by atoms with Gasteiger partial charge in [0.25, 0.3) is 0 Å². The molecule has 1 fully saturated rings. The van der Waals surface area contributed by atoms with Crippen molar-refractivity contribution >= 4 is 22.9 Å².